The molecule has 2 amide bonds. The fourth-order valence-corrected chi connectivity index (χ4v) is 2.21. The summed E-state index contributed by atoms with van der Waals surface area (Å²) in [6.45, 7) is 1.45. The van der Waals surface area contributed by atoms with Crippen molar-refractivity contribution in [3.8, 4) is 5.82 Å². The predicted octanol–water partition coefficient (Wildman–Crippen LogP) is 0.945. The van der Waals surface area contributed by atoms with Crippen LogP contribution in [0.25, 0.3) is 5.82 Å². The number of nitrogens with one attached hydrogen (secondary N) is 1. The number of amides is 2. The van der Waals surface area contributed by atoms with Crippen molar-refractivity contribution in [1.82, 2.24) is 19.7 Å². The lowest BCUT2D eigenvalue weighted by molar-refractivity contribution is -0.123. The summed E-state index contributed by atoms with van der Waals surface area (Å²) in [5.41, 5.74) is 6.11. The van der Waals surface area contributed by atoms with Crippen molar-refractivity contribution < 1.29 is 19.1 Å². The third kappa shape index (κ3) is 4.36. The summed E-state index contributed by atoms with van der Waals surface area (Å²) in [6, 6.07) is 9.11. The molecule has 3 rings (SSSR count). The van der Waals surface area contributed by atoms with E-state index >= 15 is 0 Å². The van der Waals surface area contributed by atoms with Gasteiger partial charge in [-0.1, -0.05) is 0 Å². The zero-order valence-electron chi connectivity index (χ0n) is 14.8. The first kappa shape index (κ1) is 18.7. The Morgan fingerprint density at radius 1 is 1.11 bits per heavy atom. The molecule has 0 spiro atoms. The van der Waals surface area contributed by atoms with E-state index in [0.717, 1.165) is 0 Å². The number of hydrogen-bond donors (Lipinski definition) is 2. The first-order valence-electron chi connectivity index (χ1n) is 8.17. The minimum atomic E-state index is -1.04. The summed E-state index contributed by atoms with van der Waals surface area (Å²) in [7, 11) is 0. The second-order valence-electron chi connectivity index (χ2n) is 5.72. The van der Waals surface area contributed by atoms with Crippen molar-refractivity contribution in [3.05, 3.63) is 66.4 Å². The SMILES string of the molecule is C[C@H](OC(=O)c1ccc(-n2cncn2)nc1)C(=O)Nc1ccc(C(N)=O)cc1. The van der Waals surface area contributed by atoms with Gasteiger partial charge in [0.2, 0.25) is 5.91 Å². The van der Waals surface area contributed by atoms with E-state index in [1.54, 1.807) is 6.07 Å². The molecule has 28 heavy (non-hydrogen) atoms. The number of carbonyl (C=O) groups is 3. The van der Waals surface area contributed by atoms with Crippen LogP contribution in [0, 0.1) is 0 Å². The summed E-state index contributed by atoms with van der Waals surface area (Å²) in [5, 5.41) is 6.53. The number of esters is 1. The Kier molecular flexibility index (Phi) is 5.40. The first-order chi connectivity index (χ1) is 13.4. The van der Waals surface area contributed by atoms with Gasteiger partial charge in [0.05, 0.1) is 5.56 Å². The van der Waals surface area contributed by atoms with Gasteiger partial charge in [-0.05, 0) is 43.3 Å². The lowest BCUT2D eigenvalue weighted by Gasteiger charge is -2.13. The lowest BCUT2D eigenvalue weighted by Crippen LogP contribution is -2.30. The van der Waals surface area contributed by atoms with Crippen molar-refractivity contribution in [1.29, 1.82) is 0 Å². The maximum Gasteiger partial charge on any atom is 0.340 e. The second kappa shape index (κ2) is 8.08. The highest BCUT2D eigenvalue weighted by Crippen LogP contribution is 2.11. The molecule has 1 aromatic carbocycles. The highest BCUT2D eigenvalue weighted by molar-refractivity contribution is 5.98. The Balaban J connectivity index is 1.58. The number of pyridine rings is 1. The second-order valence-corrected chi connectivity index (χ2v) is 5.72. The van der Waals surface area contributed by atoms with Crippen LogP contribution in [0.3, 0.4) is 0 Å². The lowest BCUT2D eigenvalue weighted by atomic mass is 10.2. The van der Waals surface area contributed by atoms with E-state index < -0.39 is 23.9 Å². The first-order valence-corrected chi connectivity index (χ1v) is 8.17. The molecule has 0 fully saturated rings. The van der Waals surface area contributed by atoms with Crippen molar-refractivity contribution in [2.24, 2.45) is 5.73 Å². The molecule has 3 N–H and O–H groups in total. The number of anilines is 1. The molecule has 0 aliphatic rings. The quantitative estimate of drug-likeness (QED) is 0.606. The molecule has 0 saturated heterocycles. The van der Waals surface area contributed by atoms with Gasteiger partial charge in [-0.2, -0.15) is 5.10 Å². The van der Waals surface area contributed by atoms with Crippen LogP contribution in [-0.4, -0.2) is 43.6 Å². The molecule has 10 heteroatoms. The summed E-state index contributed by atoms with van der Waals surface area (Å²) in [5.74, 6) is -1.29. The number of aromatic nitrogens is 4. The highest BCUT2D eigenvalue weighted by atomic mass is 16.5. The van der Waals surface area contributed by atoms with Crippen molar-refractivity contribution in [2.45, 2.75) is 13.0 Å². The van der Waals surface area contributed by atoms with E-state index in [0.29, 0.717) is 17.1 Å². The largest absolute Gasteiger partial charge is 0.449 e. The van der Waals surface area contributed by atoms with Crippen LogP contribution in [-0.2, 0) is 9.53 Å². The molecular formula is C18H16N6O4. The molecular weight excluding hydrogens is 364 g/mol. The number of nitrogens with zero attached hydrogens (tertiary/aromatic N) is 4. The van der Waals surface area contributed by atoms with Gasteiger partial charge in [0.15, 0.2) is 11.9 Å². The molecule has 10 nitrogen and oxygen atoms in total. The highest BCUT2D eigenvalue weighted by Gasteiger charge is 2.19. The minimum Gasteiger partial charge on any atom is -0.449 e. The van der Waals surface area contributed by atoms with Crippen LogP contribution in [0.15, 0.2) is 55.2 Å². The van der Waals surface area contributed by atoms with E-state index in [9.17, 15) is 14.4 Å². The maximum absolute atomic E-state index is 12.2. The van der Waals surface area contributed by atoms with Crippen LogP contribution in [0.2, 0.25) is 0 Å². The molecule has 142 valence electrons. The Morgan fingerprint density at radius 2 is 1.82 bits per heavy atom. The van der Waals surface area contributed by atoms with Crippen LogP contribution in [0.5, 0.6) is 0 Å². The van der Waals surface area contributed by atoms with E-state index in [1.165, 1.54) is 60.8 Å². The molecule has 2 heterocycles. The summed E-state index contributed by atoms with van der Waals surface area (Å²) < 4.78 is 6.60. The van der Waals surface area contributed by atoms with Crippen LogP contribution >= 0.6 is 0 Å². The molecule has 0 unspecified atom stereocenters. The van der Waals surface area contributed by atoms with Crippen molar-refractivity contribution >= 4 is 23.5 Å². The minimum absolute atomic E-state index is 0.189. The zero-order valence-corrected chi connectivity index (χ0v) is 14.8. The Hall–Kier alpha value is -4.08. The predicted molar refractivity (Wildman–Crippen MR) is 97.6 cm³/mol. The van der Waals surface area contributed by atoms with Crippen LogP contribution in [0.1, 0.15) is 27.6 Å². The average molecular weight is 380 g/mol. The summed E-state index contributed by atoms with van der Waals surface area (Å²) in [4.78, 5) is 43.4. The molecule has 1 atom stereocenters. The number of ether oxygens (including phenoxy) is 1. The van der Waals surface area contributed by atoms with Gasteiger partial charge >= 0.3 is 5.97 Å². The van der Waals surface area contributed by atoms with Gasteiger partial charge in [0, 0.05) is 17.4 Å². The van der Waals surface area contributed by atoms with E-state index in [2.05, 4.69) is 20.4 Å². The monoisotopic (exact) mass is 380 g/mol. The standard InChI is InChI=1S/C18H16N6O4/c1-11(17(26)23-14-5-2-12(3-6-14)16(19)25)28-18(27)13-4-7-15(21-8-13)24-10-20-9-22-24/h2-11H,1H3,(H2,19,25)(H,23,26)/t11-/m0/s1. The number of benzene rings is 1. The molecule has 0 aliphatic carbocycles. The van der Waals surface area contributed by atoms with Crippen LogP contribution < -0.4 is 11.1 Å². The Labute approximate surface area is 159 Å². The number of nitrogens with two attached hydrogens (primary N) is 1. The number of carbonyl (C=O) groups excluding carboxylic acids is 3. The van der Waals surface area contributed by atoms with Gasteiger partial charge in [-0.25, -0.2) is 19.4 Å². The summed E-state index contributed by atoms with van der Waals surface area (Å²) >= 11 is 0. The Bertz CT molecular complexity index is 984. The van der Waals surface area contributed by atoms with Crippen LogP contribution in [0.4, 0.5) is 5.69 Å². The fraction of sp³-hybridized carbons (Fsp3) is 0.111. The van der Waals surface area contributed by atoms with E-state index in [4.69, 9.17) is 10.5 Å². The molecule has 0 bridgehead atoms. The Morgan fingerprint density at radius 3 is 2.39 bits per heavy atom. The third-order valence-electron chi connectivity index (χ3n) is 3.73. The van der Waals surface area contributed by atoms with Gasteiger partial charge in [0.25, 0.3) is 5.91 Å². The van der Waals surface area contributed by atoms with E-state index in [1.807, 2.05) is 0 Å². The maximum atomic E-state index is 12.2. The molecule has 0 radical (unpaired) electrons. The van der Waals surface area contributed by atoms with Gasteiger partial charge in [-0.3, -0.25) is 9.59 Å². The summed E-state index contributed by atoms with van der Waals surface area (Å²) in [6.07, 6.45) is 3.12. The van der Waals surface area contributed by atoms with Gasteiger partial charge in [-0.15, -0.1) is 0 Å². The molecule has 2 aromatic heterocycles. The smallest absolute Gasteiger partial charge is 0.340 e. The molecule has 0 aliphatic heterocycles. The average Bonchev–Trinajstić information content (AvgIpc) is 3.23. The van der Waals surface area contributed by atoms with Crippen molar-refractivity contribution in [2.75, 3.05) is 5.32 Å². The van der Waals surface area contributed by atoms with Crippen molar-refractivity contribution in [3.63, 3.8) is 0 Å². The number of rotatable bonds is 6. The third-order valence-corrected chi connectivity index (χ3v) is 3.73. The molecule has 0 saturated carbocycles. The van der Waals surface area contributed by atoms with E-state index in [-0.39, 0.29) is 5.56 Å². The fourth-order valence-electron chi connectivity index (χ4n) is 2.21. The van der Waals surface area contributed by atoms with Gasteiger partial charge < -0.3 is 15.8 Å². The van der Waals surface area contributed by atoms with Gasteiger partial charge in [0.1, 0.15) is 12.7 Å². The number of hydrogen-bond acceptors (Lipinski definition) is 7. The topological polar surface area (TPSA) is 142 Å². The molecule has 3 aromatic rings. The zero-order chi connectivity index (χ0) is 20.1. The number of primary amides is 1. The normalized spacial score (nSPS) is 11.5.